The van der Waals surface area contributed by atoms with E-state index in [4.69, 9.17) is 11.6 Å². The van der Waals surface area contributed by atoms with E-state index < -0.39 is 0 Å². The minimum atomic E-state index is -0.286. The molecule has 1 aliphatic heterocycles. The fraction of sp³-hybridized carbons (Fsp3) is 0.0800. The Kier molecular flexibility index (Phi) is 6.49. The second kappa shape index (κ2) is 9.48. The van der Waals surface area contributed by atoms with Crippen molar-refractivity contribution in [2.24, 2.45) is 0 Å². The molecular formula is C25H21Cl2N5O. The van der Waals surface area contributed by atoms with E-state index in [2.05, 4.69) is 58.0 Å². The molecule has 0 spiro atoms. The predicted octanol–water partition coefficient (Wildman–Crippen LogP) is 5.97. The highest BCUT2D eigenvalue weighted by atomic mass is 35.5. The van der Waals surface area contributed by atoms with Crippen LogP contribution in [0.15, 0.2) is 84.9 Å². The molecular weight excluding hydrogens is 457 g/mol. The maximum Gasteiger partial charge on any atom is 0.258 e. The Morgan fingerprint density at radius 3 is 2.42 bits per heavy atom. The molecule has 1 atom stereocenters. The molecule has 6 nitrogen and oxygen atoms in total. The van der Waals surface area contributed by atoms with E-state index in [1.807, 2.05) is 42.5 Å². The van der Waals surface area contributed by atoms with E-state index in [-0.39, 0.29) is 30.3 Å². The average Bonchev–Trinajstić information content (AvgIpc) is 3.22. The Balaban J connectivity index is 0.00000259. The molecule has 0 radical (unpaired) electrons. The van der Waals surface area contributed by atoms with Gasteiger partial charge >= 0.3 is 0 Å². The number of benzene rings is 3. The van der Waals surface area contributed by atoms with Crippen LogP contribution in [0, 0.1) is 6.92 Å². The summed E-state index contributed by atoms with van der Waals surface area (Å²) in [6, 6.07) is 24.6. The van der Waals surface area contributed by atoms with Gasteiger partial charge in [0.15, 0.2) is 0 Å². The summed E-state index contributed by atoms with van der Waals surface area (Å²) in [6.07, 6.45) is 2.07. The number of carbonyl (C=O) groups is 1. The number of allylic oxidation sites excluding steroid dienone is 1. The maximum absolute atomic E-state index is 12.6. The van der Waals surface area contributed by atoms with Crippen LogP contribution in [0.2, 0.25) is 5.02 Å². The van der Waals surface area contributed by atoms with E-state index in [9.17, 15) is 4.79 Å². The second-order valence-corrected chi connectivity index (χ2v) is 7.97. The summed E-state index contributed by atoms with van der Waals surface area (Å²) >= 11 is 6.53. The molecule has 166 valence electrons. The molecule has 0 aliphatic carbocycles. The van der Waals surface area contributed by atoms with Crippen molar-refractivity contribution < 1.29 is 4.79 Å². The minimum Gasteiger partial charge on any atom is -0.324 e. The molecule has 3 aromatic carbocycles. The summed E-state index contributed by atoms with van der Waals surface area (Å²) in [4.78, 5) is 17.1. The van der Waals surface area contributed by atoms with Gasteiger partial charge in [-0.05, 0) is 42.3 Å². The third-order valence-electron chi connectivity index (χ3n) is 5.31. The molecule has 0 saturated carbocycles. The van der Waals surface area contributed by atoms with E-state index in [1.54, 1.807) is 16.8 Å². The van der Waals surface area contributed by atoms with E-state index in [0.29, 0.717) is 16.5 Å². The largest absolute Gasteiger partial charge is 0.324 e. The van der Waals surface area contributed by atoms with Crippen molar-refractivity contribution in [2.45, 2.75) is 13.0 Å². The van der Waals surface area contributed by atoms with Gasteiger partial charge in [0.2, 0.25) is 5.95 Å². The number of nitrogens with zero attached hydrogens (tertiary/aromatic N) is 3. The molecule has 0 bridgehead atoms. The van der Waals surface area contributed by atoms with Gasteiger partial charge < -0.3 is 5.32 Å². The fourth-order valence-corrected chi connectivity index (χ4v) is 3.89. The molecule has 0 fully saturated rings. The Labute approximate surface area is 202 Å². The van der Waals surface area contributed by atoms with Crippen LogP contribution in [-0.4, -0.2) is 20.7 Å². The number of hydrogen-bond donors (Lipinski definition) is 2. The van der Waals surface area contributed by atoms with Crippen LogP contribution in [0.4, 0.5) is 11.9 Å². The lowest BCUT2D eigenvalue weighted by Gasteiger charge is -2.25. The molecule has 1 aromatic heterocycles. The van der Waals surface area contributed by atoms with Crippen molar-refractivity contribution in [3.05, 3.63) is 112 Å². The van der Waals surface area contributed by atoms with E-state index >= 15 is 0 Å². The zero-order valence-corrected chi connectivity index (χ0v) is 19.3. The van der Waals surface area contributed by atoms with Crippen LogP contribution >= 0.6 is 24.0 Å². The zero-order valence-electron chi connectivity index (χ0n) is 17.7. The Hall–Kier alpha value is -3.61. The molecule has 1 aliphatic rings. The fourth-order valence-electron chi connectivity index (χ4n) is 3.65. The van der Waals surface area contributed by atoms with Crippen molar-refractivity contribution >= 4 is 47.5 Å². The number of fused-ring (bicyclic) bond motifs is 1. The van der Waals surface area contributed by atoms with Gasteiger partial charge in [-0.15, -0.1) is 17.5 Å². The molecule has 1 unspecified atom stereocenters. The van der Waals surface area contributed by atoms with Crippen molar-refractivity contribution in [3.8, 4) is 0 Å². The second-order valence-electron chi connectivity index (χ2n) is 7.56. The lowest BCUT2D eigenvalue weighted by atomic mass is 10.0. The number of aromatic nitrogens is 3. The van der Waals surface area contributed by atoms with Gasteiger partial charge in [-0.3, -0.25) is 10.1 Å². The van der Waals surface area contributed by atoms with Crippen LogP contribution < -0.4 is 10.6 Å². The summed E-state index contributed by atoms with van der Waals surface area (Å²) in [6.45, 7) is 2.05. The van der Waals surface area contributed by atoms with Crippen molar-refractivity contribution in [1.82, 2.24) is 14.8 Å². The first-order valence-electron chi connectivity index (χ1n) is 10.2. The zero-order chi connectivity index (χ0) is 22.1. The van der Waals surface area contributed by atoms with Gasteiger partial charge in [-0.1, -0.05) is 77.8 Å². The highest BCUT2D eigenvalue weighted by molar-refractivity contribution is 6.31. The third-order valence-corrected chi connectivity index (χ3v) is 5.66. The predicted molar refractivity (Wildman–Crippen MR) is 134 cm³/mol. The molecule has 8 heteroatoms. The first kappa shape index (κ1) is 22.6. The highest BCUT2D eigenvalue weighted by Gasteiger charge is 2.27. The van der Waals surface area contributed by atoms with Crippen LogP contribution in [-0.2, 0) is 0 Å². The number of anilines is 2. The van der Waals surface area contributed by atoms with Crippen LogP contribution in [0.3, 0.4) is 0 Å². The quantitative estimate of drug-likeness (QED) is 0.379. The summed E-state index contributed by atoms with van der Waals surface area (Å²) in [5.41, 5.74) is 4.54. The molecule has 0 saturated heterocycles. The van der Waals surface area contributed by atoms with E-state index in [0.717, 1.165) is 16.8 Å². The average molecular weight is 478 g/mol. The van der Waals surface area contributed by atoms with Crippen LogP contribution in [0.1, 0.15) is 33.1 Å². The van der Waals surface area contributed by atoms with Gasteiger partial charge in [-0.2, -0.15) is 4.98 Å². The van der Waals surface area contributed by atoms with Crippen molar-refractivity contribution in [2.75, 3.05) is 10.6 Å². The lowest BCUT2D eigenvalue weighted by molar-refractivity contribution is 0.102. The molecule has 5 rings (SSSR count). The SMILES string of the molecule is Cc1ccc(C2=CC(c3ccccc3Cl)n3nc(NC(=O)c4ccccc4)nc3N2)cc1.Cl. The van der Waals surface area contributed by atoms with Crippen molar-refractivity contribution in [3.63, 3.8) is 0 Å². The lowest BCUT2D eigenvalue weighted by Crippen LogP contribution is -2.20. The smallest absolute Gasteiger partial charge is 0.258 e. The summed E-state index contributed by atoms with van der Waals surface area (Å²) in [5.74, 6) is 0.475. The summed E-state index contributed by atoms with van der Waals surface area (Å²) < 4.78 is 1.74. The third kappa shape index (κ3) is 4.62. The summed E-state index contributed by atoms with van der Waals surface area (Å²) in [5, 5.41) is 11.3. The Bertz CT molecular complexity index is 1320. The molecule has 2 N–H and O–H groups in total. The normalized spacial score (nSPS) is 14.4. The first-order chi connectivity index (χ1) is 15.6. The molecule has 4 aromatic rings. The van der Waals surface area contributed by atoms with E-state index in [1.165, 1.54) is 5.56 Å². The van der Waals surface area contributed by atoms with Gasteiger partial charge in [0.05, 0.1) is 0 Å². The van der Waals surface area contributed by atoms with Gasteiger partial charge in [0.1, 0.15) is 6.04 Å². The monoisotopic (exact) mass is 477 g/mol. The first-order valence-corrected chi connectivity index (χ1v) is 10.6. The Morgan fingerprint density at radius 1 is 1.00 bits per heavy atom. The topological polar surface area (TPSA) is 71.8 Å². The molecule has 1 amide bonds. The molecule has 33 heavy (non-hydrogen) atoms. The number of aryl methyl sites for hydroxylation is 1. The highest BCUT2D eigenvalue weighted by Crippen LogP contribution is 2.36. The minimum absolute atomic E-state index is 0. The summed E-state index contributed by atoms with van der Waals surface area (Å²) in [7, 11) is 0. The number of nitrogens with one attached hydrogen (secondary N) is 2. The molecule has 2 heterocycles. The van der Waals surface area contributed by atoms with Crippen LogP contribution in [0.5, 0.6) is 0 Å². The number of carbonyl (C=O) groups excluding carboxylic acids is 1. The standard InChI is InChI=1S/C25H20ClN5O.ClH/c1-16-11-13-17(14-12-16)21-15-22(19-9-5-6-10-20(19)26)31-25(27-21)29-24(30-31)28-23(32)18-7-3-2-4-8-18;/h2-15,22H,1H3,(H2,27,28,29,30,32);1H. The maximum atomic E-state index is 12.6. The number of hydrogen-bond acceptors (Lipinski definition) is 4. The number of amides is 1. The van der Waals surface area contributed by atoms with Crippen LogP contribution in [0.25, 0.3) is 5.70 Å². The number of rotatable bonds is 4. The van der Waals surface area contributed by atoms with Gasteiger partial charge in [0, 0.05) is 16.3 Å². The van der Waals surface area contributed by atoms with Gasteiger partial charge in [0.25, 0.3) is 11.9 Å². The van der Waals surface area contributed by atoms with Gasteiger partial charge in [-0.25, -0.2) is 4.68 Å². The van der Waals surface area contributed by atoms with Crippen molar-refractivity contribution in [1.29, 1.82) is 0 Å². The Morgan fingerprint density at radius 2 is 1.70 bits per heavy atom. The number of halogens is 2.